The van der Waals surface area contributed by atoms with Crippen molar-refractivity contribution in [3.8, 4) is 5.75 Å². The number of piperazine rings is 1. The van der Waals surface area contributed by atoms with Crippen molar-refractivity contribution < 1.29 is 14.3 Å². The average Bonchev–Trinajstić information content (AvgIpc) is 2.88. The van der Waals surface area contributed by atoms with Crippen LogP contribution >= 0.6 is 0 Å². The Labute approximate surface area is 201 Å². The summed E-state index contributed by atoms with van der Waals surface area (Å²) in [5, 5.41) is 3.33. The number of amides is 2. The van der Waals surface area contributed by atoms with E-state index in [2.05, 4.69) is 9.80 Å². The van der Waals surface area contributed by atoms with Crippen molar-refractivity contribution in [2.45, 2.75) is 13.8 Å². The van der Waals surface area contributed by atoms with Gasteiger partial charge in [-0.3, -0.25) is 24.3 Å². The molecule has 34 heavy (non-hydrogen) atoms. The Hall–Kier alpha value is -3.00. The first-order valence-corrected chi connectivity index (χ1v) is 12.2. The fourth-order valence-electron chi connectivity index (χ4n) is 4.97. The molecule has 0 spiro atoms. The van der Waals surface area contributed by atoms with Crippen LogP contribution in [0.4, 0.5) is 0 Å². The summed E-state index contributed by atoms with van der Waals surface area (Å²) in [6.07, 6.45) is 0. The van der Waals surface area contributed by atoms with Crippen LogP contribution in [0.1, 0.15) is 34.6 Å². The van der Waals surface area contributed by atoms with E-state index in [4.69, 9.17) is 10.5 Å². The molecule has 0 atom stereocenters. The second-order valence-corrected chi connectivity index (χ2v) is 8.44. The number of nitrogens with zero attached hydrogens (tertiary/aromatic N) is 3. The lowest BCUT2D eigenvalue weighted by Gasteiger charge is -2.36. The van der Waals surface area contributed by atoms with Crippen LogP contribution in [0.2, 0.25) is 0 Å². The molecule has 5 rings (SSSR count). The van der Waals surface area contributed by atoms with Crippen LogP contribution in [0, 0.1) is 0 Å². The molecule has 3 aromatic carbocycles. The molecule has 0 aliphatic carbocycles. The normalized spacial score (nSPS) is 16.6. The maximum Gasteiger partial charge on any atom is 0.262 e. The number of benzene rings is 3. The van der Waals surface area contributed by atoms with Gasteiger partial charge in [0.25, 0.3) is 11.8 Å². The molecule has 2 amide bonds. The Morgan fingerprint density at radius 1 is 0.853 bits per heavy atom. The third kappa shape index (κ3) is 4.27. The van der Waals surface area contributed by atoms with E-state index in [1.165, 1.54) is 4.90 Å². The molecule has 7 heteroatoms. The molecule has 1 fully saturated rings. The maximum absolute atomic E-state index is 13.7. The van der Waals surface area contributed by atoms with Gasteiger partial charge in [-0.1, -0.05) is 38.1 Å². The SMILES string of the molecule is CC.COc1ccc2c3c(c4ccccc4cc13)C(=O)N(CCN1CCN(CCN)CC1)C2=O. The van der Waals surface area contributed by atoms with Gasteiger partial charge in [-0.2, -0.15) is 0 Å². The standard InChI is InChI=1S/C25H28N4O3.C2H6/c1-32-21-7-6-19-22-20(21)16-17-4-2-3-5-18(17)23(22)25(31)29(24(19)30)15-14-28-12-10-27(9-8-26)11-13-28;1-2/h2-7,16H,8-15,26H2,1H3;1-2H3. The molecule has 180 valence electrons. The topological polar surface area (TPSA) is 79.1 Å². The van der Waals surface area contributed by atoms with Gasteiger partial charge in [-0.05, 0) is 29.0 Å². The quantitative estimate of drug-likeness (QED) is 0.448. The minimum atomic E-state index is -0.229. The van der Waals surface area contributed by atoms with E-state index < -0.39 is 0 Å². The molecule has 0 radical (unpaired) electrons. The number of hydrogen-bond donors (Lipinski definition) is 1. The number of hydrogen-bond acceptors (Lipinski definition) is 6. The van der Waals surface area contributed by atoms with Crippen LogP contribution in [0.25, 0.3) is 21.5 Å². The number of rotatable bonds is 6. The zero-order valence-corrected chi connectivity index (χ0v) is 20.3. The lowest BCUT2D eigenvalue weighted by atomic mass is 9.89. The highest BCUT2D eigenvalue weighted by Gasteiger charge is 2.35. The van der Waals surface area contributed by atoms with Gasteiger partial charge < -0.3 is 10.5 Å². The van der Waals surface area contributed by atoms with Crippen molar-refractivity contribution >= 4 is 33.4 Å². The number of carbonyl (C=O) groups excluding carboxylic acids is 2. The molecular formula is C27H34N4O3. The molecule has 0 saturated carbocycles. The van der Waals surface area contributed by atoms with Crippen molar-refractivity contribution in [3.05, 3.63) is 53.6 Å². The molecule has 7 nitrogen and oxygen atoms in total. The molecule has 2 N–H and O–H groups in total. The number of ether oxygens (including phenoxy) is 1. The monoisotopic (exact) mass is 462 g/mol. The van der Waals surface area contributed by atoms with Crippen molar-refractivity contribution in [2.75, 3.05) is 59.5 Å². The van der Waals surface area contributed by atoms with Crippen LogP contribution in [0.15, 0.2) is 42.5 Å². The molecule has 3 aromatic rings. The second kappa shape index (κ2) is 10.5. The Bertz CT molecular complexity index is 1200. The first-order chi connectivity index (χ1) is 16.6. The number of imide groups is 1. The maximum atomic E-state index is 13.7. The summed E-state index contributed by atoms with van der Waals surface area (Å²) in [7, 11) is 1.61. The molecule has 2 aliphatic rings. The van der Waals surface area contributed by atoms with Crippen molar-refractivity contribution in [1.29, 1.82) is 0 Å². The first kappa shape index (κ1) is 24.1. The summed E-state index contributed by atoms with van der Waals surface area (Å²) in [5.74, 6) is 0.215. The largest absolute Gasteiger partial charge is 0.496 e. The summed E-state index contributed by atoms with van der Waals surface area (Å²) in [6.45, 7) is 10.4. The van der Waals surface area contributed by atoms with Gasteiger partial charge in [0.2, 0.25) is 0 Å². The van der Waals surface area contributed by atoms with Crippen LogP contribution in [-0.2, 0) is 0 Å². The number of methoxy groups -OCH3 is 1. The summed E-state index contributed by atoms with van der Waals surface area (Å²) in [6, 6.07) is 13.4. The molecule has 2 heterocycles. The Morgan fingerprint density at radius 3 is 2.21 bits per heavy atom. The fraction of sp³-hybridized carbons (Fsp3) is 0.407. The highest BCUT2D eigenvalue weighted by Crippen LogP contribution is 2.39. The predicted octanol–water partition coefficient (Wildman–Crippen LogP) is 3.20. The predicted molar refractivity (Wildman–Crippen MR) is 137 cm³/mol. The minimum Gasteiger partial charge on any atom is -0.496 e. The van der Waals surface area contributed by atoms with Crippen LogP contribution < -0.4 is 10.5 Å². The third-order valence-corrected chi connectivity index (χ3v) is 6.69. The van der Waals surface area contributed by atoms with E-state index >= 15 is 0 Å². The van der Waals surface area contributed by atoms with Crippen molar-refractivity contribution in [3.63, 3.8) is 0 Å². The minimum absolute atomic E-state index is 0.223. The Kier molecular flexibility index (Phi) is 7.46. The van der Waals surface area contributed by atoms with E-state index in [0.717, 1.165) is 48.9 Å². The van der Waals surface area contributed by atoms with Gasteiger partial charge >= 0.3 is 0 Å². The van der Waals surface area contributed by atoms with Crippen LogP contribution in [0.3, 0.4) is 0 Å². The van der Waals surface area contributed by atoms with Gasteiger partial charge in [0.15, 0.2) is 0 Å². The lowest BCUT2D eigenvalue weighted by molar-refractivity contribution is 0.0574. The Balaban J connectivity index is 0.00000133. The zero-order valence-electron chi connectivity index (χ0n) is 20.3. The molecule has 1 saturated heterocycles. The van der Waals surface area contributed by atoms with Crippen LogP contribution in [-0.4, -0.2) is 86.0 Å². The highest BCUT2D eigenvalue weighted by atomic mass is 16.5. The molecule has 0 unspecified atom stereocenters. The van der Waals surface area contributed by atoms with E-state index in [-0.39, 0.29) is 11.8 Å². The molecule has 0 aromatic heterocycles. The number of fused-ring (bicyclic) bond motifs is 2. The summed E-state index contributed by atoms with van der Waals surface area (Å²) < 4.78 is 5.55. The second-order valence-electron chi connectivity index (χ2n) is 8.44. The van der Waals surface area contributed by atoms with Gasteiger partial charge in [0.1, 0.15) is 5.75 Å². The molecule has 2 aliphatic heterocycles. The number of nitrogens with two attached hydrogens (primary N) is 1. The fourth-order valence-corrected chi connectivity index (χ4v) is 4.97. The van der Waals surface area contributed by atoms with Crippen LogP contribution in [0.5, 0.6) is 5.75 Å². The summed E-state index contributed by atoms with van der Waals surface area (Å²) in [4.78, 5) is 33.1. The van der Waals surface area contributed by atoms with Gasteiger partial charge in [-0.15, -0.1) is 0 Å². The zero-order chi connectivity index (χ0) is 24.2. The lowest BCUT2D eigenvalue weighted by Crippen LogP contribution is -2.51. The summed E-state index contributed by atoms with van der Waals surface area (Å²) >= 11 is 0. The molecule has 0 bridgehead atoms. The average molecular weight is 463 g/mol. The van der Waals surface area contributed by atoms with Gasteiger partial charge in [0.05, 0.1) is 12.7 Å². The third-order valence-electron chi connectivity index (χ3n) is 6.69. The first-order valence-electron chi connectivity index (χ1n) is 12.2. The smallest absolute Gasteiger partial charge is 0.262 e. The molecular weight excluding hydrogens is 428 g/mol. The van der Waals surface area contributed by atoms with Crippen molar-refractivity contribution in [1.82, 2.24) is 14.7 Å². The van der Waals surface area contributed by atoms with E-state index in [1.807, 2.05) is 50.2 Å². The number of carbonyl (C=O) groups is 2. The highest BCUT2D eigenvalue weighted by molar-refractivity contribution is 6.31. The van der Waals surface area contributed by atoms with Gasteiger partial charge in [0, 0.05) is 68.7 Å². The van der Waals surface area contributed by atoms with E-state index in [0.29, 0.717) is 41.9 Å². The van der Waals surface area contributed by atoms with E-state index in [1.54, 1.807) is 13.2 Å². The summed E-state index contributed by atoms with van der Waals surface area (Å²) in [5.41, 5.74) is 6.82. The van der Waals surface area contributed by atoms with Gasteiger partial charge in [-0.25, -0.2) is 0 Å². The Morgan fingerprint density at radius 2 is 1.53 bits per heavy atom. The van der Waals surface area contributed by atoms with E-state index in [9.17, 15) is 9.59 Å². The van der Waals surface area contributed by atoms with Crippen molar-refractivity contribution in [2.24, 2.45) is 5.73 Å².